The summed E-state index contributed by atoms with van der Waals surface area (Å²) in [7, 11) is 0. The lowest BCUT2D eigenvalue weighted by atomic mass is 10.3. The second-order valence-corrected chi connectivity index (χ2v) is 5.62. The second kappa shape index (κ2) is 6.06. The van der Waals surface area contributed by atoms with E-state index >= 15 is 0 Å². The smallest absolute Gasteiger partial charge is 0.234 e. The van der Waals surface area contributed by atoms with Gasteiger partial charge in [0.25, 0.3) is 0 Å². The summed E-state index contributed by atoms with van der Waals surface area (Å²) < 4.78 is 5.49. The molecule has 2 heterocycles. The zero-order chi connectivity index (χ0) is 13.1. The van der Waals surface area contributed by atoms with E-state index in [-0.39, 0.29) is 5.15 Å². The van der Waals surface area contributed by atoms with Crippen molar-refractivity contribution < 1.29 is 4.74 Å². The van der Waals surface area contributed by atoms with Gasteiger partial charge in [0.1, 0.15) is 5.02 Å². The van der Waals surface area contributed by atoms with E-state index in [1.54, 1.807) is 11.3 Å². The van der Waals surface area contributed by atoms with Crippen molar-refractivity contribution in [1.29, 1.82) is 0 Å². The number of pyridine rings is 1. The number of hydrogen-bond acceptors (Lipinski definition) is 4. The fourth-order valence-corrected chi connectivity index (χ4v) is 2.64. The van der Waals surface area contributed by atoms with Crippen LogP contribution in [0.3, 0.4) is 0 Å². The van der Waals surface area contributed by atoms with Crippen LogP contribution in [-0.4, -0.2) is 16.6 Å². The lowest BCUT2D eigenvalue weighted by molar-refractivity contribution is 0.310. The Labute approximate surface area is 124 Å². The van der Waals surface area contributed by atoms with Gasteiger partial charge in [0.2, 0.25) is 5.88 Å². The van der Waals surface area contributed by atoms with Crippen molar-refractivity contribution in [3.63, 3.8) is 0 Å². The van der Waals surface area contributed by atoms with Crippen LogP contribution in [-0.2, 0) is 6.42 Å². The molecule has 18 heavy (non-hydrogen) atoms. The lowest BCUT2D eigenvalue weighted by Crippen LogP contribution is -2.03. The highest BCUT2D eigenvalue weighted by Gasteiger charge is 2.09. The number of ether oxygens (including phenoxy) is 1. The van der Waals surface area contributed by atoms with E-state index in [1.807, 2.05) is 12.4 Å². The van der Waals surface area contributed by atoms with Crippen molar-refractivity contribution in [2.24, 2.45) is 0 Å². The van der Waals surface area contributed by atoms with Gasteiger partial charge in [-0.2, -0.15) is 4.98 Å². The van der Waals surface area contributed by atoms with E-state index in [1.165, 1.54) is 10.9 Å². The van der Waals surface area contributed by atoms with E-state index in [0.717, 1.165) is 12.1 Å². The van der Waals surface area contributed by atoms with Gasteiger partial charge >= 0.3 is 0 Å². The standard InChI is InChI=1S/C11H9Cl3N2OS/c1-6-9(18-5-15-6)2-3-17-11-8(13)4-7(12)10(14)16-11/h4-5H,2-3H2,1H3. The molecule has 2 aromatic heterocycles. The Morgan fingerprint density at radius 3 is 2.72 bits per heavy atom. The highest BCUT2D eigenvalue weighted by molar-refractivity contribution is 7.09. The molecule has 0 unspecified atom stereocenters. The van der Waals surface area contributed by atoms with Gasteiger partial charge in [-0.15, -0.1) is 11.3 Å². The molecule has 0 aliphatic heterocycles. The zero-order valence-electron chi connectivity index (χ0n) is 9.41. The Balaban J connectivity index is 1.99. The molecule has 96 valence electrons. The van der Waals surface area contributed by atoms with Gasteiger partial charge in [-0.25, -0.2) is 4.98 Å². The molecular weight excluding hydrogens is 315 g/mol. The van der Waals surface area contributed by atoms with E-state index in [4.69, 9.17) is 39.5 Å². The first-order chi connectivity index (χ1) is 8.58. The molecule has 0 aliphatic carbocycles. The maximum absolute atomic E-state index is 5.95. The second-order valence-electron chi connectivity index (χ2n) is 3.51. The Bertz CT molecular complexity index is 559. The van der Waals surface area contributed by atoms with E-state index in [2.05, 4.69) is 9.97 Å². The molecule has 0 spiro atoms. The van der Waals surface area contributed by atoms with Gasteiger partial charge in [-0.1, -0.05) is 34.8 Å². The molecule has 0 saturated carbocycles. The molecule has 2 aromatic rings. The summed E-state index contributed by atoms with van der Waals surface area (Å²) in [5.41, 5.74) is 2.84. The van der Waals surface area contributed by atoms with Crippen LogP contribution in [0.5, 0.6) is 5.88 Å². The maximum atomic E-state index is 5.95. The summed E-state index contributed by atoms with van der Waals surface area (Å²) in [5, 5.41) is 0.850. The van der Waals surface area contributed by atoms with Crippen molar-refractivity contribution in [2.45, 2.75) is 13.3 Å². The van der Waals surface area contributed by atoms with Crippen molar-refractivity contribution in [3.05, 3.63) is 37.3 Å². The van der Waals surface area contributed by atoms with Gasteiger partial charge in [0.05, 0.1) is 22.8 Å². The van der Waals surface area contributed by atoms with Crippen LogP contribution in [0.15, 0.2) is 11.6 Å². The highest BCUT2D eigenvalue weighted by Crippen LogP contribution is 2.30. The first-order valence-electron chi connectivity index (χ1n) is 5.11. The van der Waals surface area contributed by atoms with Crippen molar-refractivity contribution in [2.75, 3.05) is 6.61 Å². The molecule has 3 nitrogen and oxygen atoms in total. The molecule has 0 fully saturated rings. The number of halogens is 3. The van der Waals surface area contributed by atoms with Gasteiger partial charge in [0.15, 0.2) is 5.15 Å². The fourth-order valence-electron chi connectivity index (χ4n) is 1.34. The van der Waals surface area contributed by atoms with E-state index in [0.29, 0.717) is 22.5 Å². The third-order valence-corrected chi connectivity index (χ3v) is 4.21. The average Bonchev–Trinajstić information content (AvgIpc) is 2.72. The normalized spacial score (nSPS) is 10.7. The minimum atomic E-state index is 0.185. The van der Waals surface area contributed by atoms with Crippen molar-refractivity contribution >= 4 is 46.1 Å². The molecule has 0 amide bonds. The number of thiazole rings is 1. The van der Waals surface area contributed by atoms with Crippen LogP contribution in [0.25, 0.3) is 0 Å². The predicted octanol–water partition coefficient (Wildman–Crippen LogP) is 4.43. The van der Waals surface area contributed by atoms with Crippen LogP contribution < -0.4 is 4.74 Å². The average molecular weight is 324 g/mol. The van der Waals surface area contributed by atoms with E-state index in [9.17, 15) is 0 Å². The molecule has 0 aliphatic rings. The lowest BCUT2D eigenvalue weighted by Gasteiger charge is -2.07. The summed E-state index contributed by atoms with van der Waals surface area (Å²) in [6.07, 6.45) is 0.759. The molecule has 7 heteroatoms. The number of rotatable bonds is 4. The van der Waals surface area contributed by atoms with Crippen LogP contribution in [0.1, 0.15) is 10.6 Å². The summed E-state index contributed by atoms with van der Waals surface area (Å²) in [5.74, 6) is 0.299. The van der Waals surface area contributed by atoms with Crippen molar-refractivity contribution in [1.82, 2.24) is 9.97 Å². The van der Waals surface area contributed by atoms with Gasteiger partial charge in [0, 0.05) is 11.3 Å². The Kier molecular flexibility index (Phi) is 4.67. The Morgan fingerprint density at radius 1 is 1.28 bits per heavy atom. The molecular formula is C11H9Cl3N2OS. The van der Waals surface area contributed by atoms with Crippen LogP contribution in [0.4, 0.5) is 0 Å². The summed E-state index contributed by atoms with van der Waals surface area (Å²) in [4.78, 5) is 9.34. The number of nitrogens with zero attached hydrogens (tertiary/aromatic N) is 2. The quantitative estimate of drug-likeness (QED) is 0.781. The minimum absolute atomic E-state index is 0.185. The van der Waals surface area contributed by atoms with Crippen molar-refractivity contribution in [3.8, 4) is 5.88 Å². The SMILES string of the molecule is Cc1ncsc1CCOc1nc(Cl)c(Cl)cc1Cl. The Morgan fingerprint density at radius 2 is 2.06 bits per heavy atom. The van der Waals surface area contributed by atoms with Crippen LogP contribution >= 0.6 is 46.1 Å². The minimum Gasteiger partial charge on any atom is -0.476 e. The topological polar surface area (TPSA) is 35.0 Å². The fraction of sp³-hybridized carbons (Fsp3) is 0.273. The summed E-state index contributed by atoms with van der Waals surface area (Å²) >= 11 is 19.1. The molecule has 0 N–H and O–H groups in total. The first kappa shape index (κ1) is 13.9. The maximum Gasteiger partial charge on any atom is 0.234 e. The zero-order valence-corrected chi connectivity index (χ0v) is 12.5. The van der Waals surface area contributed by atoms with E-state index < -0.39 is 0 Å². The predicted molar refractivity (Wildman–Crippen MR) is 75.3 cm³/mol. The third-order valence-electron chi connectivity index (χ3n) is 2.27. The van der Waals surface area contributed by atoms with Crippen LogP contribution in [0.2, 0.25) is 15.2 Å². The summed E-state index contributed by atoms with van der Waals surface area (Å²) in [6.45, 7) is 2.43. The third kappa shape index (κ3) is 3.26. The highest BCUT2D eigenvalue weighted by atomic mass is 35.5. The Hall–Kier alpha value is -0.550. The van der Waals surface area contributed by atoms with Crippen LogP contribution in [0, 0.1) is 6.92 Å². The van der Waals surface area contributed by atoms with Gasteiger partial charge < -0.3 is 4.74 Å². The molecule has 0 atom stereocenters. The molecule has 0 saturated heterocycles. The first-order valence-corrected chi connectivity index (χ1v) is 7.12. The molecule has 0 radical (unpaired) electrons. The summed E-state index contributed by atoms with van der Waals surface area (Å²) in [6, 6.07) is 1.52. The number of aryl methyl sites for hydroxylation is 1. The number of aromatic nitrogens is 2. The monoisotopic (exact) mass is 322 g/mol. The number of hydrogen-bond donors (Lipinski definition) is 0. The molecule has 0 aromatic carbocycles. The van der Waals surface area contributed by atoms with Gasteiger partial charge in [-0.3, -0.25) is 0 Å². The van der Waals surface area contributed by atoms with Gasteiger partial charge in [-0.05, 0) is 13.0 Å². The molecule has 2 rings (SSSR count). The largest absolute Gasteiger partial charge is 0.476 e. The molecule has 0 bridgehead atoms.